The molecule has 5 nitrogen and oxygen atoms in total. The van der Waals surface area contributed by atoms with Crippen LogP contribution < -0.4 is 0 Å². The van der Waals surface area contributed by atoms with Crippen LogP contribution in [0.25, 0.3) is 10.9 Å². The van der Waals surface area contributed by atoms with Crippen LogP contribution in [0.1, 0.15) is 68.8 Å². The molecule has 0 aliphatic carbocycles. The number of nitrogens with zero attached hydrogens (tertiary/aromatic N) is 3. The van der Waals surface area contributed by atoms with E-state index in [0.29, 0.717) is 0 Å². The highest BCUT2D eigenvalue weighted by molar-refractivity contribution is 6.01. The van der Waals surface area contributed by atoms with Crippen molar-refractivity contribution in [1.82, 2.24) is 4.98 Å². The van der Waals surface area contributed by atoms with Crippen molar-refractivity contribution in [2.24, 2.45) is 4.99 Å². The van der Waals surface area contributed by atoms with E-state index in [-0.39, 0.29) is 22.4 Å². The number of para-hydroxylation sites is 1. The predicted molar refractivity (Wildman–Crippen MR) is 120 cm³/mol. The van der Waals surface area contributed by atoms with Gasteiger partial charge in [-0.3, -0.25) is 15.1 Å². The zero-order chi connectivity index (χ0) is 21.3. The SMILES string of the molecule is CC(=Nc1c(C(C)C)cc([N+](=O)[O-])cc1C(C)C)c1ccc2cccc(C)c2n1. The van der Waals surface area contributed by atoms with Crippen molar-refractivity contribution in [3.63, 3.8) is 0 Å². The Morgan fingerprint density at radius 3 is 2.21 bits per heavy atom. The number of hydrogen-bond donors (Lipinski definition) is 0. The Morgan fingerprint density at radius 1 is 1.03 bits per heavy atom. The lowest BCUT2D eigenvalue weighted by Crippen LogP contribution is -2.03. The van der Waals surface area contributed by atoms with Crippen LogP contribution in [0.5, 0.6) is 0 Å². The second-order valence-corrected chi connectivity index (χ2v) is 8.08. The molecule has 0 bridgehead atoms. The number of pyridine rings is 1. The zero-order valence-electron chi connectivity index (χ0n) is 17.9. The maximum absolute atomic E-state index is 11.4. The highest BCUT2D eigenvalue weighted by Crippen LogP contribution is 2.38. The summed E-state index contributed by atoms with van der Waals surface area (Å²) in [6.07, 6.45) is 0. The molecule has 0 amide bonds. The van der Waals surface area contributed by atoms with E-state index in [4.69, 9.17) is 9.98 Å². The molecule has 2 aromatic carbocycles. The number of benzene rings is 2. The van der Waals surface area contributed by atoms with Gasteiger partial charge in [0.25, 0.3) is 5.69 Å². The van der Waals surface area contributed by atoms with Crippen LogP contribution >= 0.6 is 0 Å². The van der Waals surface area contributed by atoms with Gasteiger partial charge in [-0.2, -0.15) is 0 Å². The van der Waals surface area contributed by atoms with Crippen molar-refractivity contribution < 1.29 is 4.92 Å². The lowest BCUT2D eigenvalue weighted by Gasteiger charge is -2.17. The molecule has 0 unspecified atom stereocenters. The Kier molecular flexibility index (Phi) is 5.78. The summed E-state index contributed by atoms with van der Waals surface area (Å²) in [6.45, 7) is 12.1. The van der Waals surface area contributed by atoms with Crippen molar-refractivity contribution >= 4 is 28.0 Å². The molecule has 1 heterocycles. The van der Waals surface area contributed by atoms with E-state index < -0.39 is 0 Å². The normalized spacial score (nSPS) is 12.2. The molecule has 0 spiro atoms. The fourth-order valence-corrected chi connectivity index (χ4v) is 3.50. The number of nitro benzene ring substituents is 1. The third-order valence-corrected chi connectivity index (χ3v) is 5.18. The molecule has 0 aliphatic heterocycles. The van der Waals surface area contributed by atoms with Crippen LogP contribution in [0.2, 0.25) is 0 Å². The maximum Gasteiger partial charge on any atom is 0.270 e. The first-order valence-electron chi connectivity index (χ1n) is 9.93. The van der Waals surface area contributed by atoms with E-state index in [0.717, 1.165) is 44.7 Å². The monoisotopic (exact) mass is 389 g/mol. The summed E-state index contributed by atoms with van der Waals surface area (Å²) in [5.41, 5.74) is 6.42. The van der Waals surface area contributed by atoms with Gasteiger partial charge in [0, 0.05) is 17.5 Å². The highest BCUT2D eigenvalue weighted by atomic mass is 16.6. The summed E-state index contributed by atoms with van der Waals surface area (Å²) in [5, 5.41) is 12.5. The third-order valence-electron chi connectivity index (χ3n) is 5.18. The van der Waals surface area contributed by atoms with Gasteiger partial charge in [0.15, 0.2) is 0 Å². The largest absolute Gasteiger partial charge is 0.270 e. The van der Waals surface area contributed by atoms with Gasteiger partial charge in [0.05, 0.1) is 27.5 Å². The molecule has 0 saturated carbocycles. The number of non-ortho nitro benzene ring substituents is 1. The molecule has 0 N–H and O–H groups in total. The van der Waals surface area contributed by atoms with Crippen LogP contribution in [0, 0.1) is 17.0 Å². The highest BCUT2D eigenvalue weighted by Gasteiger charge is 2.20. The molecule has 150 valence electrons. The molecule has 0 fully saturated rings. The van der Waals surface area contributed by atoms with Crippen molar-refractivity contribution in [2.75, 3.05) is 0 Å². The molecule has 0 aliphatic rings. The summed E-state index contributed by atoms with van der Waals surface area (Å²) >= 11 is 0. The Bertz CT molecular complexity index is 1090. The Labute approximate surface area is 171 Å². The minimum Gasteiger partial charge on any atom is -0.258 e. The van der Waals surface area contributed by atoms with E-state index in [1.165, 1.54) is 0 Å². The van der Waals surface area contributed by atoms with Crippen molar-refractivity contribution in [3.05, 3.63) is 75.0 Å². The van der Waals surface area contributed by atoms with Gasteiger partial charge in [0.2, 0.25) is 0 Å². The Balaban J connectivity index is 2.20. The first-order chi connectivity index (χ1) is 13.7. The van der Waals surface area contributed by atoms with Crippen LogP contribution in [0.15, 0.2) is 47.5 Å². The van der Waals surface area contributed by atoms with E-state index >= 15 is 0 Å². The molecular formula is C24H27N3O2. The molecule has 3 aromatic rings. The quantitative estimate of drug-likeness (QED) is 0.272. The molecular weight excluding hydrogens is 362 g/mol. The average Bonchev–Trinajstić information content (AvgIpc) is 2.67. The molecule has 29 heavy (non-hydrogen) atoms. The van der Waals surface area contributed by atoms with Gasteiger partial charge >= 0.3 is 0 Å². The van der Waals surface area contributed by atoms with Gasteiger partial charge < -0.3 is 0 Å². The molecule has 0 saturated heterocycles. The molecule has 0 atom stereocenters. The average molecular weight is 389 g/mol. The summed E-state index contributed by atoms with van der Waals surface area (Å²) in [5.74, 6) is 0.233. The fraction of sp³-hybridized carbons (Fsp3) is 0.333. The number of hydrogen-bond acceptors (Lipinski definition) is 4. The number of aromatic nitrogens is 1. The van der Waals surface area contributed by atoms with Crippen LogP contribution in [0.4, 0.5) is 11.4 Å². The van der Waals surface area contributed by atoms with Crippen LogP contribution in [-0.4, -0.2) is 15.6 Å². The first-order valence-corrected chi connectivity index (χ1v) is 9.93. The van der Waals surface area contributed by atoms with Gasteiger partial charge in [-0.05, 0) is 48.4 Å². The summed E-state index contributed by atoms with van der Waals surface area (Å²) in [7, 11) is 0. The summed E-state index contributed by atoms with van der Waals surface area (Å²) in [6, 6.07) is 13.5. The van der Waals surface area contributed by atoms with E-state index in [2.05, 4.69) is 25.1 Å². The molecule has 0 radical (unpaired) electrons. The number of nitro groups is 1. The van der Waals surface area contributed by atoms with Crippen molar-refractivity contribution in [1.29, 1.82) is 0 Å². The predicted octanol–water partition coefficient (Wildman–Crippen LogP) is 6.84. The summed E-state index contributed by atoms with van der Waals surface area (Å²) in [4.78, 5) is 20.9. The molecule has 1 aromatic heterocycles. The van der Waals surface area contributed by atoms with Gasteiger partial charge in [0.1, 0.15) is 0 Å². The zero-order valence-corrected chi connectivity index (χ0v) is 17.9. The van der Waals surface area contributed by atoms with Crippen molar-refractivity contribution in [3.8, 4) is 0 Å². The lowest BCUT2D eigenvalue weighted by atomic mass is 9.92. The Morgan fingerprint density at radius 2 is 1.66 bits per heavy atom. The fourth-order valence-electron chi connectivity index (χ4n) is 3.50. The van der Waals surface area contributed by atoms with Gasteiger partial charge in [-0.15, -0.1) is 0 Å². The molecule has 3 rings (SSSR count). The third kappa shape index (κ3) is 4.19. The first kappa shape index (κ1) is 20.6. The number of rotatable bonds is 5. The number of aliphatic imine (C=N–C) groups is 1. The van der Waals surface area contributed by atoms with E-state index in [9.17, 15) is 10.1 Å². The second kappa shape index (κ2) is 8.11. The minimum absolute atomic E-state index is 0.116. The van der Waals surface area contributed by atoms with Crippen molar-refractivity contribution in [2.45, 2.75) is 53.4 Å². The smallest absolute Gasteiger partial charge is 0.258 e. The topological polar surface area (TPSA) is 68.4 Å². The second-order valence-electron chi connectivity index (χ2n) is 8.08. The minimum atomic E-state index is -0.328. The van der Waals surface area contributed by atoms with E-state index in [1.54, 1.807) is 12.1 Å². The standard InChI is InChI=1S/C24H27N3O2/c1-14(2)20-12-19(27(28)29)13-21(15(3)4)24(20)25-17(6)22-11-10-18-9-7-8-16(5)23(18)26-22/h7-15H,1-6H3. The maximum atomic E-state index is 11.4. The Hall–Kier alpha value is -3.08. The van der Waals surface area contributed by atoms with Gasteiger partial charge in [-0.25, -0.2) is 4.98 Å². The van der Waals surface area contributed by atoms with Crippen LogP contribution in [-0.2, 0) is 0 Å². The van der Waals surface area contributed by atoms with Gasteiger partial charge in [-0.1, -0.05) is 52.0 Å². The number of aryl methyl sites for hydroxylation is 1. The lowest BCUT2D eigenvalue weighted by molar-refractivity contribution is -0.385. The summed E-state index contributed by atoms with van der Waals surface area (Å²) < 4.78 is 0. The van der Waals surface area contributed by atoms with Crippen LogP contribution in [0.3, 0.4) is 0 Å². The molecule has 5 heteroatoms. The number of fused-ring (bicyclic) bond motifs is 1. The van der Waals surface area contributed by atoms with E-state index in [1.807, 2.05) is 46.8 Å².